The average Bonchev–Trinajstić information content (AvgIpc) is 2.78. The smallest absolute Gasteiger partial charge is 0.161 e. The molecule has 0 fully saturated rings. The number of hydrogen-bond acceptors (Lipinski definition) is 3. The van der Waals surface area contributed by atoms with Gasteiger partial charge in [-0.25, -0.2) is 0 Å². The highest BCUT2D eigenvalue weighted by Crippen LogP contribution is 2.31. The van der Waals surface area contributed by atoms with Crippen LogP contribution < -0.4 is 9.47 Å². The molecule has 0 saturated carbocycles. The molecule has 3 aromatic rings. The van der Waals surface area contributed by atoms with Gasteiger partial charge in [0.15, 0.2) is 11.5 Å². The van der Waals surface area contributed by atoms with Gasteiger partial charge < -0.3 is 14.4 Å². The molecule has 1 heterocycles. The van der Waals surface area contributed by atoms with E-state index >= 15 is 0 Å². The van der Waals surface area contributed by atoms with Crippen LogP contribution in [0.25, 0.3) is 0 Å². The molecule has 0 bridgehead atoms. The predicted molar refractivity (Wildman–Crippen MR) is 126 cm³/mol. The molecule has 0 aromatic heterocycles. The van der Waals surface area contributed by atoms with Gasteiger partial charge in [-0.3, -0.25) is 0 Å². The molecule has 4 rings (SSSR count). The SMILES string of the molecule is CCOc1cc(C(=S)N2CCc3ccccc3C2)ccc1OCc1ccc(Cl)cc1. The molecule has 0 atom stereocenters. The molecule has 0 amide bonds. The number of fused-ring (bicyclic) bond motifs is 1. The molecule has 0 saturated heterocycles. The Labute approximate surface area is 188 Å². The van der Waals surface area contributed by atoms with Gasteiger partial charge in [0.1, 0.15) is 11.6 Å². The van der Waals surface area contributed by atoms with Gasteiger partial charge in [-0.2, -0.15) is 0 Å². The zero-order valence-electron chi connectivity index (χ0n) is 16.9. The van der Waals surface area contributed by atoms with Crippen molar-refractivity contribution in [1.82, 2.24) is 4.90 Å². The molecule has 0 unspecified atom stereocenters. The standard InChI is InChI=1S/C25H24ClNO2S/c1-2-28-24-15-20(9-12-23(24)29-17-18-7-10-22(26)11-8-18)25(30)27-14-13-19-5-3-4-6-21(19)16-27/h3-12,15H,2,13-14,16-17H2,1H3. The summed E-state index contributed by atoms with van der Waals surface area (Å²) < 4.78 is 11.9. The Balaban J connectivity index is 1.49. The topological polar surface area (TPSA) is 21.7 Å². The summed E-state index contributed by atoms with van der Waals surface area (Å²) in [6.07, 6.45) is 1.01. The van der Waals surface area contributed by atoms with Crippen molar-refractivity contribution < 1.29 is 9.47 Å². The molecule has 3 aromatic carbocycles. The molecule has 0 spiro atoms. The van der Waals surface area contributed by atoms with Crippen LogP contribution in [0.5, 0.6) is 11.5 Å². The number of ether oxygens (including phenoxy) is 2. The van der Waals surface area contributed by atoms with Gasteiger partial charge in [-0.1, -0.05) is 60.2 Å². The molecule has 1 aliphatic rings. The molecule has 30 heavy (non-hydrogen) atoms. The van der Waals surface area contributed by atoms with Crippen molar-refractivity contribution in [3.63, 3.8) is 0 Å². The van der Waals surface area contributed by atoms with Crippen LogP contribution in [-0.2, 0) is 19.6 Å². The summed E-state index contributed by atoms with van der Waals surface area (Å²) in [5.74, 6) is 1.42. The van der Waals surface area contributed by atoms with E-state index in [1.54, 1.807) is 0 Å². The van der Waals surface area contributed by atoms with E-state index in [9.17, 15) is 0 Å². The number of halogens is 1. The summed E-state index contributed by atoms with van der Waals surface area (Å²) in [4.78, 5) is 3.10. The zero-order chi connectivity index (χ0) is 20.9. The van der Waals surface area contributed by atoms with Crippen LogP contribution in [0.1, 0.15) is 29.2 Å². The van der Waals surface area contributed by atoms with Gasteiger partial charge in [0, 0.05) is 23.7 Å². The summed E-state index contributed by atoms with van der Waals surface area (Å²) in [7, 11) is 0. The quantitative estimate of drug-likeness (QED) is 0.437. The molecule has 0 aliphatic carbocycles. The van der Waals surface area contributed by atoms with E-state index in [0.717, 1.165) is 35.6 Å². The van der Waals surface area contributed by atoms with Crippen molar-refractivity contribution in [1.29, 1.82) is 0 Å². The maximum atomic E-state index is 6.02. The Kier molecular flexibility index (Phi) is 6.56. The second-order valence-corrected chi connectivity index (χ2v) is 8.08. The van der Waals surface area contributed by atoms with Gasteiger partial charge >= 0.3 is 0 Å². The van der Waals surface area contributed by atoms with Crippen LogP contribution in [0.4, 0.5) is 0 Å². The highest BCUT2D eigenvalue weighted by atomic mass is 35.5. The lowest BCUT2D eigenvalue weighted by molar-refractivity contribution is 0.269. The fourth-order valence-electron chi connectivity index (χ4n) is 3.62. The van der Waals surface area contributed by atoms with E-state index in [1.165, 1.54) is 11.1 Å². The second-order valence-electron chi connectivity index (χ2n) is 7.26. The maximum Gasteiger partial charge on any atom is 0.161 e. The van der Waals surface area contributed by atoms with Gasteiger partial charge in [0.05, 0.1) is 6.61 Å². The van der Waals surface area contributed by atoms with Gasteiger partial charge in [0.25, 0.3) is 0 Å². The predicted octanol–water partition coefficient (Wildman–Crippen LogP) is 6.05. The lowest BCUT2D eigenvalue weighted by Crippen LogP contribution is -2.35. The monoisotopic (exact) mass is 437 g/mol. The Morgan fingerprint density at radius 2 is 1.73 bits per heavy atom. The number of hydrogen-bond donors (Lipinski definition) is 0. The van der Waals surface area contributed by atoms with Gasteiger partial charge in [-0.15, -0.1) is 0 Å². The largest absolute Gasteiger partial charge is 0.490 e. The lowest BCUT2D eigenvalue weighted by Gasteiger charge is -2.31. The van der Waals surface area contributed by atoms with Crippen LogP contribution in [0.3, 0.4) is 0 Å². The first kappa shape index (κ1) is 20.7. The Bertz CT molecular complexity index is 1040. The Morgan fingerprint density at radius 3 is 2.50 bits per heavy atom. The summed E-state index contributed by atoms with van der Waals surface area (Å²) in [6, 6.07) is 22.2. The number of thiocarbonyl (C=S) groups is 1. The molecule has 1 aliphatic heterocycles. The third-order valence-corrected chi connectivity index (χ3v) is 5.96. The van der Waals surface area contributed by atoms with Crippen LogP contribution >= 0.6 is 23.8 Å². The second kappa shape index (κ2) is 9.50. The van der Waals surface area contributed by atoms with E-state index < -0.39 is 0 Å². The number of nitrogens with zero attached hydrogens (tertiary/aromatic N) is 1. The number of rotatable bonds is 6. The first-order chi connectivity index (χ1) is 14.6. The molecular weight excluding hydrogens is 414 g/mol. The van der Waals surface area contributed by atoms with Crippen LogP contribution in [-0.4, -0.2) is 23.0 Å². The highest BCUT2D eigenvalue weighted by molar-refractivity contribution is 7.80. The van der Waals surface area contributed by atoms with Crippen molar-refractivity contribution in [2.45, 2.75) is 26.5 Å². The van der Waals surface area contributed by atoms with E-state index in [0.29, 0.717) is 29.7 Å². The Morgan fingerprint density at radius 1 is 0.967 bits per heavy atom. The normalized spacial score (nSPS) is 12.9. The fraction of sp³-hybridized carbons (Fsp3) is 0.240. The summed E-state index contributed by atoms with van der Waals surface area (Å²) in [5, 5.41) is 0.715. The third kappa shape index (κ3) is 4.77. The zero-order valence-corrected chi connectivity index (χ0v) is 18.5. The lowest BCUT2D eigenvalue weighted by atomic mass is 9.99. The maximum absolute atomic E-state index is 6.02. The first-order valence-corrected chi connectivity index (χ1v) is 10.9. The molecule has 5 heteroatoms. The minimum Gasteiger partial charge on any atom is -0.490 e. The number of benzene rings is 3. The van der Waals surface area contributed by atoms with E-state index in [-0.39, 0.29) is 0 Å². The summed E-state index contributed by atoms with van der Waals surface area (Å²) >= 11 is 11.8. The minimum atomic E-state index is 0.448. The van der Waals surface area contributed by atoms with Crippen molar-refractivity contribution in [3.05, 3.63) is 94.0 Å². The van der Waals surface area contributed by atoms with E-state index in [4.69, 9.17) is 33.3 Å². The van der Waals surface area contributed by atoms with E-state index in [1.807, 2.05) is 49.4 Å². The van der Waals surface area contributed by atoms with E-state index in [2.05, 4.69) is 29.2 Å². The van der Waals surface area contributed by atoms with Crippen molar-refractivity contribution >= 4 is 28.8 Å². The fourth-order valence-corrected chi connectivity index (χ4v) is 4.03. The molecule has 0 N–H and O–H groups in total. The van der Waals surface area contributed by atoms with Crippen molar-refractivity contribution in [3.8, 4) is 11.5 Å². The van der Waals surface area contributed by atoms with Gasteiger partial charge in [0.2, 0.25) is 0 Å². The minimum absolute atomic E-state index is 0.448. The molecule has 154 valence electrons. The summed E-state index contributed by atoms with van der Waals surface area (Å²) in [6.45, 7) is 4.74. The van der Waals surface area contributed by atoms with Crippen LogP contribution in [0.2, 0.25) is 5.02 Å². The highest BCUT2D eigenvalue weighted by Gasteiger charge is 2.20. The molecule has 0 radical (unpaired) electrons. The van der Waals surface area contributed by atoms with Crippen LogP contribution in [0.15, 0.2) is 66.7 Å². The van der Waals surface area contributed by atoms with Gasteiger partial charge in [-0.05, 0) is 60.4 Å². The molecule has 3 nitrogen and oxygen atoms in total. The van der Waals surface area contributed by atoms with Crippen LogP contribution in [0, 0.1) is 0 Å². The Hall–Kier alpha value is -2.56. The van der Waals surface area contributed by atoms with Crippen molar-refractivity contribution in [2.24, 2.45) is 0 Å². The third-order valence-electron chi connectivity index (χ3n) is 5.22. The average molecular weight is 438 g/mol. The van der Waals surface area contributed by atoms with Crippen molar-refractivity contribution in [2.75, 3.05) is 13.2 Å². The summed E-state index contributed by atoms with van der Waals surface area (Å²) in [5.41, 5.74) is 4.79. The first-order valence-electron chi connectivity index (χ1n) is 10.1. The molecular formula is C25H24ClNO2S.